The Morgan fingerprint density at radius 3 is 1.96 bits per heavy atom. The van der Waals surface area contributed by atoms with E-state index in [-0.39, 0.29) is 0 Å². The Labute approximate surface area is 276 Å². The Hall–Kier alpha value is -5.29. The summed E-state index contributed by atoms with van der Waals surface area (Å²) in [6.45, 7) is 0. The highest BCUT2D eigenvalue weighted by molar-refractivity contribution is 7.81. The SMILES string of the molecule is C1=Cc2cccc3c2C(C1)c1c-3c(P(c2ccccc2)c2cc3ccccc3c3ccccc23)c2ccccc2c1-c1ccccc1. The van der Waals surface area contributed by atoms with E-state index in [2.05, 4.69) is 170 Å². The van der Waals surface area contributed by atoms with Crippen LogP contribution in [-0.2, 0) is 0 Å². The van der Waals surface area contributed by atoms with Crippen LogP contribution in [0.2, 0.25) is 0 Å². The van der Waals surface area contributed by atoms with E-state index < -0.39 is 7.92 Å². The minimum atomic E-state index is -0.961. The zero-order valence-corrected chi connectivity index (χ0v) is 26.8. The molecule has 0 aliphatic heterocycles. The molecule has 10 rings (SSSR count). The van der Waals surface area contributed by atoms with Gasteiger partial charge in [0.1, 0.15) is 0 Å². The number of allylic oxidation sites excluding steroid dienone is 1. The van der Waals surface area contributed by atoms with E-state index in [0.717, 1.165) is 6.42 Å². The third kappa shape index (κ3) is 3.99. The molecule has 2 unspecified atom stereocenters. The van der Waals surface area contributed by atoms with E-state index in [9.17, 15) is 0 Å². The van der Waals surface area contributed by atoms with E-state index in [1.165, 1.54) is 87.2 Å². The lowest BCUT2D eigenvalue weighted by Gasteiger charge is -2.29. The van der Waals surface area contributed by atoms with Crippen LogP contribution in [0.25, 0.3) is 60.6 Å². The monoisotopic (exact) mass is 614 g/mol. The van der Waals surface area contributed by atoms with Crippen LogP contribution in [0.15, 0.2) is 164 Å². The number of hydrogen-bond donors (Lipinski definition) is 0. The maximum atomic E-state index is 2.51. The molecule has 0 aromatic heterocycles. The molecule has 1 heteroatoms. The molecule has 0 amide bonds. The summed E-state index contributed by atoms with van der Waals surface area (Å²) in [7, 11) is -0.961. The maximum Gasteiger partial charge on any atom is 0.0149 e. The fourth-order valence-electron chi connectivity index (χ4n) is 8.44. The highest BCUT2D eigenvalue weighted by Crippen LogP contribution is 2.57. The van der Waals surface area contributed by atoms with Crippen molar-refractivity contribution < 1.29 is 0 Å². The molecule has 0 bridgehead atoms. The molecule has 0 N–H and O–H groups in total. The first kappa shape index (κ1) is 26.9. The van der Waals surface area contributed by atoms with Gasteiger partial charge in [-0.1, -0.05) is 164 Å². The fraction of sp³-hybridized carbons (Fsp3) is 0.0435. The van der Waals surface area contributed by atoms with Crippen LogP contribution in [0.4, 0.5) is 0 Å². The normalized spacial score (nSPS) is 15.2. The number of fused-ring (bicyclic) bond motifs is 7. The molecule has 0 heterocycles. The summed E-state index contributed by atoms with van der Waals surface area (Å²) in [5.41, 5.74) is 9.95. The summed E-state index contributed by atoms with van der Waals surface area (Å²) in [5, 5.41) is 12.3. The smallest absolute Gasteiger partial charge is 0.0149 e. The standard InChI is InChI=1S/C46H31P/c1-3-15-31(16-4-1)43-37-25-11-12-26-38(37)46(45-40-28-14-19-30-18-13-27-39(42(30)40)44(43)45)47(33-20-5-2-6-21-33)41-29-32-17-7-8-22-34(32)35-23-9-10-24-36(35)41/h1-26,28-29,39H,27H2. The second-order valence-corrected chi connectivity index (χ2v) is 14.9. The van der Waals surface area contributed by atoms with Crippen LogP contribution >= 0.6 is 7.92 Å². The second kappa shape index (κ2) is 10.6. The van der Waals surface area contributed by atoms with E-state index >= 15 is 0 Å². The molecule has 0 radical (unpaired) electrons. The first-order valence-corrected chi connectivity index (χ1v) is 17.9. The highest BCUT2D eigenvalue weighted by atomic mass is 31.1. The summed E-state index contributed by atoms with van der Waals surface area (Å²) >= 11 is 0. The van der Waals surface area contributed by atoms with Crippen LogP contribution in [0.1, 0.15) is 29.0 Å². The Morgan fingerprint density at radius 1 is 0.489 bits per heavy atom. The lowest BCUT2D eigenvalue weighted by molar-refractivity contribution is 0.847. The fourth-order valence-corrected chi connectivity index (χ4v) is 11.3. The number of hydrogen-bond acceptors (Lipinski definition) is 0. The maximum absolute atomic E-state index is 2.51. The average molecular weight is 615 g/mol. The largest absolute Gasteiger partial charge is 0.0830 e. The zero-order valence-electron chi connectivity index (χ0n) is 25.9. The molecular weight excluding hydrogens is 583 g/mol. The first-order chi connectivity index (χ1) is 23.4. The van der Waals surface area contributed by atoms with Gasteiger partial charge in [0.25, 0.3) is 0 Å². The Balaban J connectivity index is 1.42. The van der Waals surface area contributed by atoms with Gasteiger partial charge >= 0.3 is 0 Å². The molecule has 0 fully saturated rings. The van der Waals surface area contributed by atoms with Gasteiger partial charge in [0.15, 0.2) is 0 Å². The molecule has 0 nitrogen and oxygen atoms in total. The molecule has 8 aromatic rings. The molecule has 0 saturated heterocycles. The molecule has 2 aliphatic carbocycles. The van der Waals surface area contributed by atoms with Gasteiger partial charge in [-0.25, -0.2) is 0 Å². The summed E-state index contributed by atoms with van der Waals surface area (Å²) in [6.07, 6.45) is 5.77. The van der Waals surface area contributed by atoms with Gasteiger partial charge < -0.3 is 0 Å². The van der Waals surface area contributed by atoms with Crippen molar-refractivity contribution in [1.82, 2.24) is 0 Å². The topological polar surface area (TPSA) is 0 Å². The Morgan fingerprint density at radius 2 is 1.15 bits per heavy atom. The van der Waals surface area contributed by atoms with Crippen LogP contribution in [0.5, 0.6) is 0 Å². The van der Waals surface area contributed by atoms with Crippen molar-refractivity contribution in [2.45, 2.75) is 12.3 Å². The lowest BCUT2D eigenvalue weighted by atomic mass is 9.82. The Bertz CT molecular complexity index is 2540. The van der Waals surface area contributed by atoms with Gasteiger partial charge in [-0.15, -0.1) is 0 Å². The molecule has 2 aliphatic rings. The van der Waals surface area contributed by atoms with E-state index in [4.69, 9.17) is 0 Å². The third-order valence-corrected chi connectivity index (χ3v) is 12.9. The van der Waals surface area contributed by atoms with Crippen molar-refractivity contribution in [3.63, 3.8) is 0 Å². The van der Waals surface area contributed by atoms with Crippen LogP contribution in [0, 0.1) is 0 Å². The molecule has 47 heavy (non-hydrogen) atoms. The lowest BCUT2D eigenvalue weighted by Crippen LogP contribution is -2.24. The van der Waals surface area contributed by atoms with Gasteiger partial charge in [-0.05, 0) is 102 Å². The number of rotatable bonds is 4. The second-order valence-electron chi connectivity index (χ2n) is 12.8. The van der Waals surface area contributed by atoms with Crippen molar-refractivity contribution >= 4 is 62.2 Å². The van der Waals surface area contributed by atoms with Crippen molar-refractivity contribution in [3.8, 4) is 22.3 Å². The third-order valence-electron chi connectivity index (χ3n) is 10.3. The summed E-state index contributed by atoms with van der Waals surface area (Å²) in [5.74, 6) is 0.334. The minimum Gasteiger partial charge on any atom is -0.0830 e. The van der Waals surface area contributed by atoms with Crippen LogP contribution in [-0.4, -0.2) is 0 Å². The molecule has 8 aromatic carbocycles. The van der Waals surface area contributed by atoms with Crippen LogP contribution in [0.3, 0.4) is 0 Å². The summed E-state index contributed by atoms with van der Waals surface area (Å²) in [4.78, 5) is 0. The van der Waals surface area contributed by atoms with Crippen LogP contribution < -0.4 is 15.9 Å². The summed E-state index contributed by atoms with van der Waals surface area (Å²) in [6, 6.07) is 59.2. The van der Waals surface area contributed by atoms with E-state index in [1.54, 1.807) is 0 Å². The predicted molar refractivity (Wildman–Crippen MR) is 204 cm³/mol. The molecule has 0 spiro atoms. The minimum absolute atomic E-state index is 0.334. The quantitative estimate of drug-likeness (QED) is 0.137. The van der Waals surface area contributed by atoms with Gasteiger partial charge in [0.05, 0.1) is 0 Å². The molecule has 220 valence electrons. The van der Waals surface area contributed by atoms with E-state index in [0.29, 0.717) is 5.92 Å². The Kier molecular flexibility index (Phi) is 6.08. The predicted octanol–water partition coefficient (Wildman–Crippen LogP) is 11.1. The highest BCUT2D eigenvalue weighted by Gasteiger charge is 2.39. The van der Waals surface area contributed by atoms with Gasteiger partial charge in [-0.3, -0.25) is 0 Å². The molecular formula is C46H31P. The van der Waals surface area contributed by atoms with Crippen molar-refractivity contribution in [1.29, 1.82) is 0 Å². The molecule has 2 atom stereocenters. The average Bonchev–Trinajstić information content (AvgIpc) is 3.47. The zero-order chi connectivity index (χ0) is 30.9. The van der Waals surface area contributed by atoms with Crippen molar-refractivity contribution in [2.75, 3.05) is 0 Å². The van der Waals surface area contributed by atoms with E-state index in [1.807, 2.05) is 0 Å². The van der Waals surface area contributed by atoms with Gasteiger partial charge in [0, 0.05) is 11.2 Å². The van der Waals surface area contributed by atoms with Crippen molar-refractivity contribution in [2.24, 2.45) is 0 Å². The van der Waals surface area contributed by atoms with Crippen molar-refractivity contribution in [3.05, 3.63) is 180 Å². The number of benzene rings is 8. The molecule has 0 saturated carbocycles. The summed E-state index contributed by atoms with van der Waals surface area (Å²) < 4.78 is 0. The first-order valence-electron chi connectivity index (χ1n) is 16.6. The van der Waals surface area contributed by atoms with Gasteiger partial charge in [-0.2, -0.15) is 0 Å². The van der Waals surface area contributed by atoms with Gasteiger partial charge in [0.2, 0.25) is 0 Å².